The number of alkyl halides is 1. The zero-order chi connectivity index (χ0) is 8.10. The van der Waals surface area contributed by atoms with Crippen LogP contribution in [0.25, 0.3) is 0 Å². The van der Waals surface area contributed by atoms with Crippen LogP contribution in [0, 0.1) is 0 Å². The molecular weight excluding hydrogens is 160 g/mol. The number of nitrogens with zero attached hydrogens (tertiary/aromatic N) is 2. The molecule has 1 unspecified atom stereocenters. The monoisotopic (exact) mass is 170 g/mol. The summed E-state index contributed by atoms with van der Waals surface area (Å²) in [7, 11) is 0. The van der Waals surface area contributed by atoms with Crippen molar-refractivity contribution in [3.63, 3.8) is 0 Å². The van der Waals surface area contributed by atoms with Crippen LogP contribution in [-0.2, 0) is 0 Å². The van der Waals surface area contributed by atoms with Gasteiger partial charge < -0.3 is 0 Å². The molecule has 0 N–H and O–H groups in total. The average Bonchev–Trinajstić information content (AvgIpc) is 2.07. The zero-order valence-electron chi connectivity index (χ0n) is 6.50. The number of rotatable bonds is 3. The first-order valence-electron chi connectivity index (χ1n) is 3.75. The Labute approximate surface area is 71.6 Å². The minimum Gasteiger partial charge on any atom is -0.240 e. The maximum atomic E-state index is 5.98. The minimum absolute atomic E-state index is 0.0267. The number of hydrogen-bond donors (Lipinski definition) is 0. The van der Waals surface area contributed by atoms with Crippen LogP contribution in [0.5, 0.6) is 0 Å². The molecule has 1 aromatic heterocycles. The third kappa shape index (κ3) is 2.46. The normalized spacial score (nSPS) is 12.9. The highest BCUT2D eigenvalue weighted by atomic mass is 35.5. The van der Waals surface area contributed by atoms with Gasteiger partial charge in [0, 0.05) is 12.4 Å². The lowest BCUT2D eigenvalue weighted by atomic mass is 10.2. The average molecular weight is 171 g/mol. The Morgan fingerprint density at radius 3 is 2.64 bits per heavy atom. The van der Waals surface area contributed by atoms with Gasteiger partial charge in [-0.25, -0.2) is 9.97 Å². The summed E-state index contributed by atoms with van der Waals surface area (Å²) >= 11 is 5.98. The fraction of sp³-hybridized carbons (Fsp3) is 0.500. The van der Waals surface area contributed by atoms with Gasteiger partial charge in [-0.3, -0.25) is 0 Å². The molecule has 0 bridgehead atoms. The van der Waals surface area contributed by atoms with Crippen molar-refractivity contribution in [3.05, 3.63) is 24.3 Å². The fourth-order valence-corrected chi connectivity index (χ4v) is 1.19. The van der Waals surface area contributed by atoms with E-state index in [1.165, 1.54) is 0 Å². The highest BCUT2D eigenvalue weighted by molar-refractivity contribution is 6.20. The quantitative estimate of drug-likeness (QED) is 0.652. The van der Waals surface area contributed by atoms with Crippen molar-refractivity contribution in [1.82, 2.24) is 9.97 Å². The molecule has 60 valence electrons. The van der Waals surface area contributed by atoms with Gasteiger partial charge in [0.25, 0.3) is 0 Å². The third-order valence-electron chi connectivity index (χ3n) is 1.41. The first-order valence-corrected chi connectivity index (χ1v) is 4.19. The van der Waals surface area contributed by atoms with E-state index in [1.807, 2.05) is 0 Å². The summed E-state index contributed by atoms with van der Waals surface area (Å²) in [4.78, 5) is 8.11. The second-order valence-electron chi connectivity index (χ2n) is 2.36. The number of aromatic nitrogens is 2. The van der Waals surface area contributed by atoms with Crippen LogP contribution < -0.4 is 0 Å². The van der Waals surface area contributed by atoms with E-state index in [0.29, 0.717) is 0 Å². The molecule has 1 aromatic rings. The molecule has 0 aliphatic rings. The lowest BCUT2D eigenvalue weighted by Crippen LogP contribution is -1.96. The molecule has 0 saturated carbocycles. The van der Waals surface area contributed by atoms with E-state index in [0.717, 1.165) is 18.7 Å². The van der Waals surface area contributed by atoms with Gasteiger partial charge in [0.1, 0.15) is 5.82 Å². The highest BCUT2D eigenvalue weighted by Crippen LogP contribution is 2.20. The van der Waals surface area contributed by atoms with E-state index in [9.17, 15) is 0 Å². The lowest BCUT2D eigenvalue weighted by molar-refractivity contribution is 0.727. The van der Waals surface area contributed by atoms with Crippen molar-refractivity contribution in [2.24, 2.45) is 0 Å². The highest BCUT2D eigenvalue weighted by Gasteiger charge is 2.07. The number of halogens is 1. The van der Waals surface area contributed by atoms with E-state index in [2.05, 4.69) is 16.9 Å². The Morgan fingerprint density at radius 1 is 1.45 bits per heavy atom. The minimum atomic E-state index is -0.0267. The van der Waals surface area contributed by atoms with Gasteiger partial charge >= 0.3 is 0 Å². The van der Waals surface area contributed by atoms with E-state index in [-0.39, 0.29) is 5.38 Å². The third-order valence-corrected chi connectivity index (χ3v) is 1.82. The maximum Gasteiger partial charge on any atom is 0.146 e. The van der Waals surface area contributed by atoms with Crippen molar-refractivity contribution >= 4 is 11.6 Å². The predicted molar refractivity (Wildman–Crippen MR) is 45.5 cm³/mol. The number of hydrogen-bond acceptors (Lipinski definition) is 2. The van der Waals surface area contributed by atoms with Gasteiger partial charge in [-0.1, -0.05) is 13.3 Å². The Kier molecular flexibility index (Phi) is 3.30. The van der Waals surface area contributed by atoms with E-state index >= 15 is 0 Å². The summed E-state index contributed by atoms with van der Waals surface area (Å²) in [5.74, 6) is 0.732. The van der Waals surface area contributed by atoms with Crippen molar-refractivity contribution in [2.45, 2.75) is 25.1 Å². The van der Waals surface area contributed by atoms with Gasteiger partial charge in [0.05, 0.1) is 5.38 Å². The van der Waals surface area contributed by atoms with Crippen molar-refractivity contribution in [2.75, 3.05) is 0 Å². The molecule has 0 aliphatic heterocycles. The van der Waals surface area contributed by atoms with E-state index in [1.54, 1.807) is 18.5 Å². The van der Waals surface area contributed by atoms with Crippen molar-refractivity contribution in [3.8, 4) is 0 Å². The summed E-state index contributed by atoms with van der Waals surface area (Å²) < 4.78 is 0. The Hall–Kier alpha value is -0.630. The van der Waals surface area contributed by atoms with E-state index in [4.69, 9.17) is 11.6 Å². The summed E-state index contributed by atoms with van der Waals surface area (Å²) in [5, 5.41) is -0.0267. The molecule has 0 fully saturated rings. The lowest BCUT2D eigenvalue weighted by Gasteiger charge is -2.03. The van der Waals surface area contributed by atoms with Crippen LogP contribution in [0.1, 0.15) is 31.0 Å². The Bertz CT molecular complexity index is 201. The molecule has 1 heterocycles. The van der Waals surface area contributed by atoms with Gasteiger partial charge in [0.2, 0.25) is 0 Å². The standard InChI is InChI=1S/C8H11ClN2/c1-2-4-7(9)8-10-5-3-6-11-8/h3,5-7H,2,4H2,1H3. The summed E-state index contributed by atoms with van der Waals surface area (Å²) in [5.41, 5.74) is 0. The first kappa shape index (κ1) is 8.47. The molecule has 1 atom stereocenters. The molecule has 0 saturated heterocycles. The maximum absolute atomic E-state index is 5.98. The SMILES string of the molecule is CCCC(Cl)c1ncccn1. The fourth-order valence-electron chi connectivity index (χ4n) is 0.855. The predicted octanol–water partition coefficient (Wildman–Crippen LogP) is 2.56. The van der Waals surface area contributed by atoms with Gasteiger partial charge in [-0.15, -0.1) is 11.6 Å². The van der Waals surface area contributed by atoms with E-state index < -0.39 is 0 Å². The molecule has 2 nitrogen and oxygen atoms in total. The van der Waals surface area contributed by atoms with Gasteiger partial charge in [-0.05, 0) is 12.5 Å². The largest absolute Gasteiger partial charge is 0.240 e. The zero-order valence-corrected chi connectivity index (χ0v) is 7.25. The van der Waals surface area contributed by atoms with Crippen LogP contribution in [0.4, 0.5) is 0 Å². The van der Waals surface area contributed by atoms with Crippen LogP contribution in [0.2, 0.25) is 0 Å². The van der Waals surface area contributed by atoms with Crippen LogP contribution in [-0.4, -0.2) is 9.97 Å². The first-order chi connectivity index (χ1) is 5.34. The molecule has 0 radical (unpaired) electrons. The molecule has 3 heteroatoms. The van der Waals surface area contributed by atoms with Gasteiger partial charge in [-0.2, -0.15) is 0 Å². The molecule has 1 rings (SSSR count). The van der Waals surface area contributed by atoms with Crippen LogP contribution in [0.3, 0.4) is 0 Å². The Morgan fingerprint density at radius 2 is 2.09 bits per heavy atom. The second-order valence-corrected chi connectivity index (χ2v) is 2.89. The second kappa shape index (κ2) is 4.29. The summed E-state index contributed by atoms with van der Waals surface area (Å²) in [6.07, 6.45) is 5.43. The van der Waals surface area contributed by atoms with Crippen LogP contribution in [0.15, 0.2) is 18.5 Å². The molecule has 0 aliphatic carbocycles. The molecular formula is C8H11ClN2. The topological polar surface area (TPSA) is 25.8 Å². The molecule has 11 heavy (non-hydrogen) atoms. The summed E-state index contributed by atoms with van der Waals surface area (Å²) in [6.45, 7) is 2.10. The van der Waals surface area contributed by atoms with Gasteiger partial charge in [0.15, 0.2) is 0 Å². The van der Waals surface area contributed by atoms with Crippen molar-refractivity contribution < 1.29 is 0 Å². The van der Waals surface area contributed by atoms with Crippen LogP contribution >= 0.6 is 11.6 Å². The van der Waals surface area contributed by atoms with Crippen molar-refractivity contribution in [1.29, 1.82) is 0 Å². The smallest absolute Gasteiger partial charge is 0.146 e. The molecule has 0 spiro atoms. The molecule has 0 amide bonds. The molecule has 0 aromatic carbocycles. The Balaban J connectivity index is 2.61. The summed E-state index contributed by atoms with van der Waals surface area (Å²) in [6, 6.07) is 1.79.